The number of benzene rings is 1. The number of carboxylic acids is 1. The van der Waals surface area contributed by atoms with Gasteiger partial charge in [0.1, 0.15) is 5.75 Å². The van der Waals surface area contributed by atoms with Crippen LogP contribution in [0.1, 0.15) is 23.7 Å². The van der Waals surface area contributed by atoms with Gasteiger partial charge in [-0.1, -0.05) is 12.1 Å². The molecule has 0 aliphatic heterocycles. The zero-order chi connectivity index (χ0) is 12.3. The molecule has 0 heterocycles. The van der Waals surface area contributed by atoms with Gasteiger partial charge in [-0.2, -0.15) is 0 Å². The van der Waals surface area contributed by atoms with Crippen LogP contribution in [0.5, 0.6) is 5.75 Å². The number of para-hydroxylation sites is 1. The topological polar surface area (TPSA) is 66.8 Å². The fourth-order valence-corrected chi connectivity index (χ4v) is 1.33. The number of hydrogen-bond donors (Lipinski definition) is 2. The number of methoxy groups -OCH3 is 1. The van der Waals surface area contributed by atoms with E-state index in [0.717, 1.165) is 13.2 Å². The van der Waals surface area contributed by atoms with Crippen molar-refractivity contribution in [2.75, 3.05) is 7.11 Å². The predicted octanol–water partition coefficient (Wildman–Crippen LogP) is 1.75. The van der Waals surface area contributed by atoms with E-state index in [0.29, 0.717) is 0 Å². The Bertz CT molecular complexity index is 392. The molecule has 0 amide bonds. The summed E-state index contributed by atoms with van der Waals surface area (Å²) < 4.78 is 29.8. The van der Waals surface area contributed by atoms with Crippen LogP contribution in [-0.4, -0.2) is 23.3 Å². The molecule has 0 radical (unpaired) electrons. The molecule has 0 aromatic heterocycles. The highest BCUT2D eigenvalue weighted by Crippen LogP contribution is 2.34. The number of carbonyl (C=O) groups is 1. The van der Waals surface area contributed by atoms with Crippen molar-refractivity contribution in [1.29, 1.82) is 0 Å². The summed E-state index contributed by atoms with van der Waals surface area (Å²) in [6.45, 7) is 0. The molecule has 0 saturated heterocycles. The van der Waals surface area contributed by atoms with Gasteiger partial charge < -0.3 is 14.9 Å². The Morgan fingerprint density at radius 2 is 1.94 bits per heavy atom. The number of halogens is 2. The van der Waals surface area contributed by atoms with Crippen molar-refractivity contribution in [3.05, 3.63) is 29.3 Å². The van der Waals surface area contributed by atoms with E-state index in [9.17, 15) is 18.7 Å². The van der Waals surface area contributed by atoms with Gasteiger partial charge in [-0.05, 0) is 6.07 Å². The summed E-state index contributed by atoms with van der Waals surface area (Å²) in [5.74, 6) is -1.82. The highest BCUT2D eigenvalue weighted by Gasteiger charge is 2.24. The molecule has 0 bridgehead atoms. The average Bonchev–Trinajstić information content (AvgIpc) is 2.26. The number of alkyl halides is 2. The first-order valence-corrected chi connectivity index (χ1v) is 4.34. The van der Waals surface area contributed by atoms with Crippen LogP contribution in [0.25, 0.3) is 0 Å². The Hall–Kier alpha value is -1.69. The maximum Gasteiger partial charge on any atom is 0.337 e. The zero-order valence-corrected chi connectivity index (χ0v) is 8.35. The predicted molar refractivity (Wildman–Crippen MR) is 50.5 cm³/mol. The molecule has 1 atom stereocenters. The highest BCUT2D eigenvalue weighted by atomic mass is 19.3. The zero-order valence-electron chi connectivity index (χ0n) is 8.35. The van der Waals surface area contributed by atoms with Crippen molar-refractivity contribution >= 4 is 5.97 Å². The fourth-order valence-electron chi connectivity index (χ4n) is 1.33. The lowest BCUT2D eigenvalue weighted by Crippen LogP contribution is -2.12. The third-order valence-corrected chi connectivity index (χ3v) is 2.04. The molecular weight excluding hydrogens is 222 g/mol. The second-order valence-corrected chi connectivity index (χ2v) is 3.01. The maximum atomic E-state index is 12.5. The van der Waals surface area contributed by atoms with Gasteiger partial charge in [0.2, 0.25) is 0 Å². The summed E-state index contributed by atoms with van der Waals surface area (Å²) in [6.07, 6.45) is -4.68. The van der Waals surface area contributed by atoms with Gasteiger partial charge >= 0.3 is 5.97 Å². The molecule has 0 saturated carbocycles. The Morgan fingerprint density at radius 3 is 2.38 bits per heavy atom. The van der Waals surface area contributed by atoms with Gasteiger partial charge in [0.25, 0.3) is 6.43 Å². The lowest BCUT2D eigenvalue weighted by molar-refractivity contribution is -0.147. The summed E-state index contributed by atoms with van der Waals surface area (Å²) in [5, 5.41) is 17.9. The van der Waals surface area contributed by atoms with Crippen molar-refractivity contribution in [3.63, 3.8) is 0 Å². The summed E-state index contributed by atoms with van der Waals surface area (Å²) in [7, 11) is 1.14. The van der Waals surface area contributed by atoms with Crippen LogP contribution >= 0.6 is 0 Å². The van der Waals surface area contributed by atoms with Gasteiger partial charge in [-0.15, -0.1) is 0 Å². The normalized spacial score (nSPS) is 12.6. The van der Waals surface area contributed by atoms with E-state index in [1.165, 1.54) is 12.1 Å². The Kier molecular flexibility index (Phi) is 3.78. The minimum absolute atomic E-state index is 0.187. The molecular formula is C10H10F2O4. The van der Waals surface area contributed by atoms with E-state index in [-0.39, 0.29) is 11.3 Å². The van der Waals surface area contributed by atoms with Crippen LogP contribution in [0.15, 0.2) is 18.2 Å². The minimum atomic E-state index is -2.80. The van der Waals surface area contributed by atoms with Crippen molar-refractivity contribution in [1.82, 2.24) is 0 Å². The molecule has 0 aliphatic carbocycles. The number of hydrogen-bond acceptors (Lipinski definition) is 3. The first kappa shape index (κ1) is 12.4. The van der Waals surface area contributed by atoms with E-state index in [1.54, 1.807) is 0 Å². The van der Waals surface area contributed by atoms with Crippen LogP contribution in [0.4, 0.5) is 8.78 Å². The lowest BCUT2D eigenvalue weighted by Gasteiger charge is -2.14. The van der Waals surface area contributed by atoms with E-state index in [1.807, 2.05) is 0 Å². The fraction of sp³-hybridized carbons (Fsp3) is 0.300. The number of aliphatic hydroxyl groups is 1. The van der Waals surface area contributed by atoms with E-state index in [2.05, 4.69) is 0 Å². The van der Waals surface area contributed by atoms with E-state index < -0.39 is 24.1 Å². The molecule has 1 aromatic carbocycles. The highest BCUT2D eigenvalue weighted by molar-refractivity contribution is 5.75. The maximum absolute atomic E-state index is 12.5. The molecule has 88 valence electrons. The van der Waals surface area contributed by atoms with Crippen LogP contribution < -0.4 is 4.74 Å². The summed E-state index contributed by atoms with van der Waals surface area (Å²) in [6, 6.07) is 3.58. The molecule has 6 heteroatoms. The molecule has 0 spiro atoms. The van der Waals surface area contributed by atoms with Crippen LogP contribution in [0.2, 0.25) is 0 Å². The third-order valence-electron chi connectivity index (χ3n) is 2.04. The Balaban J connectivity index is 3.29. The second-order valence-electron chi connectivity index (χ2n) is 3.01. The average molecular weight is 232 g/mol. The quantitative estimate of drug-likeness (QED) is 0.829. The van der Waals surface area contributed by atoms with Gasteiger partial charge in [0, 0.05) is 5.56 Å². The first-order valence-electron chi connectivity index (χ1n) is 4.34. The smallest absolute Gasteiger partial charge is 0.337 e. The molecule has 16 heavy (non-hydrogen) atoms. The van der Waals surface area contributed by atoms with E-state index in [4.69, 9.17) is 9.84 Å². The number of aliphatic hydroxyl groups excluding tert-OH is 1. The number of ether oxygens (including phenoxy) is 1. The number of rotatable bonds is 4. The van der Waals surface area contributed by atoms with Crippen LogP contribution in [0, 0.1) is 0 Å². The molecule has 1 rings (SSSR count). The van der Waals surface area contributed by atoms with Crippen molar-refractivity contribution < 1.29 is 28.5 Å². The largest absolute Gasteiger partial charge is 0.496 e. The lowest BCUT2D eigenvalue weighted by atomic mass is 10.0. The van der Waals surface area contributed by atoms with Gasteiger partial charge in [0.05, 0.1) is 12.7 Å². The summed E-state index contributed by atoms with van der Waals surface area (Å²) in [5.41, 5.74) is -0.631. The van der Waals surface area contributed by atoms with Crippen molar-refractivity contribution in [2.45, 2.75) is 12.5 Å². The van der Waals surface area contributed by atoms with Crippen molar-refractivity contribution in [2.24, 2.45) is 0 Å². The molecule has 4 nitrogen and oxygen atoms in total. The molecule has 1 unspecified atom stereocenters. The van der Waals surface area contributed by atoms with Crippen LogP contribution in [0.3, 0.4) is 0 Å². The first-order chi connectivity index (χ1) is 7.49. The monoisotopic (exact) mass is 232 g/mol. The molecule has 2 N–H and O–H groups in total. The number of aliphatic carboxylic acids is 1. The SMILES string of the molecule is COc1c(C(F)F)cccc1C(O)C(=O)O. The minimum Gasteiger partial charge on any atom is -0.496 e. The van der Waals surface area contributed by atoms with Gasteiger partial charge in [0.15, 0.2) is 6.10 Å². The molecule has 1 aromatic rings. The van der Waals surface area contributed by atoms with E-state index >= 15 is 0 Å². The van der Waals surface area contributed by atoms with Crippen molar-refractivity contribution in [3.8, 4) is 5.75 Å². The second kappa shape index (κ2) is 4.89. The summed E-state index contributed by atoms with van der Waals surface area (Å²) in [4.78, 5) is 10.6. The summed E-state index contributed by atoms with van der Waals surface area (Å²) >= 11 is 0. The Morgan fingerprint density at radius 1 is 1.38 bits per heavy atom. The van der Waals surface area contributed by atoms with Gasteiger partial charge in [-0.25, -0.2) is 13.6 Å². The number of carboxylic acid groups (broad SMARTS) is 1. The molecule has 0 aliphatic rings. The Labute approximate surface area is 90.1 Å². The standard InChI is InChI=1S/C10H10F2O4/c1-16-8-5(7(13)10(14)15)3-2-4-6(8)9(11)12/h2-4,7,9,13H,1H3,(H,14,15). The third kappa shape index (κ3) is 2.27. The molecule has 0 fully saturated rings. The van der Waals surface area contributed by atoms with Crippen LogP contribution in [-0.2, 0) is 4.79 Å². The van der Waals surface area contributed by atoms with Gasteiger partial charge in [-0.3, -0.25) is 0 Å².